The minimum absolute atomic E-state index is 0. The molecule has 0 spiro atoms. The molecule has 2 nitrogen and oxygen atoms in total. The van der Waals surface area contributed by atoms with Gasteiger partial charge in [0.05, 0.1) is 16.6 Å². The van der Waals surface area contributed by atoms with Crippen molar-refractivity contribution in [2.75, 3.05) is 0 Å². The first-order valence-electron chi connectivity index (χ1n) is 9.54. The summed E-state index contributed by atoms with van der Waals surface area (Å²) in [7, 11) is 0. The van der Waals surface area contributed by atoms with Gasteiger partial charge in [-0.05, 0) is 54.7 Å². The van der Waals surface area contributed by atoms with E-state index in [2.05, 4.69) is 9.97 Å². The van der Waals surface area contributed by atoms with Crippen LogP contribution < -0.4 is 0 Å². The Morgan fingerprint density at radius 2 is 1.77 bits per heavy atom. The Morgan fingerprint density at radius 1 is 1.06 bits per heavy atom. The van der Waals surface area contributed by atoms with Gasteiger partial charge in [0, 0.05) is 18.4 Å². The molecule has 4 rings (SSSR count). The maximum absolute atomic E-state index is 14.3. The molecule has 166 valence electrons. The molecule has 31 heavy (non-hydrogen) atoms. The normalized spacial score (nSPS) is 17.2. The predicted molar refractivity (Wildman–Crippen MR) is 110 cm³/mol. The highest BCUT2D eigenvalue weighted by molar-refractivity contribution is 5.85. The van der Waals surface area contributed by atoms with E-state index in [4.69, 9.17) is 0 Å². The monoisotopic (exact) mass is 460 g/mol. The third-order valence-corrected chi connectivity index (χ3v) is 5.40. The van der Waals surface area contributed by atoms with Gasteiger partial charge in [-0.25, -0.2) is 18.2 Å². The van der Waals surface area contributed by atoms with E-state index in [1.807, 2.05) is 6.08 Å². The van der Waals surface area contributed by atoms with Crippen molar-refractivity contribution in [1.29, 1.82) is 0 Å². The molecular weight excluding hydrogens is 442 g/mol. The summed E-state index contributed by atoms with van der Waals surface area (Å²) in [6.07, 6.45) is -0.677. The van der Waals surface area contributed by atoms with Gasteiger partial charge in [0.25, 0.3) is 0 Å². The van der Waals surface area contributed by atoms with Gasteiger partial charge in [0.15, 0.2) is 0 Å². The Balaban J connectivity index is 0.00000272. The molecule has 1 N–H and O–H groups in total. The van der Waals surface area contributed by atoms with Gasteiger partial charge in [-0.1, -0.05) is 18.2 Å². The molecule has 0 unspecified atom stereocenters. The lowest BCUT2D eigenvalue weighted by atomic mass is 9.86. The van der Waals surface area contributed by atoms with E-state index in [0.717, 1.165) is 18.2 Å². The zero-order valence-corrected chi connectivity index (χ0v) is 17.0. The zero-order chi connectivity index (χ0) is 21.5. The summed E-state index contributed by atoms with van der Waals surface area (Å²) in [6, 6.07) is 7.20. The van der Waals surface area contributed by atoms with Crippen LogP contribution in [0, 0.1) is 11.7 Å². The van der Waals surface area contributed by atoms with Gasteiger partial charge >= 0.3 is 6.18 Å². The van der Waals surface area contributed by atoms with Crippen LogP contribution in [0.1, 0.15) is 37.1 Å². The van der Waals surface area contributed by atoms with Crippen molar-refractivity contribution in [3.63, 3.8) is 0 Å². The highest BCUT2D eigenvalue weighted by Gasteiger charge is 2.35. The number of aromatic amines is 1. The lowest BCUT2D eigenvalue weighted by Gasteiger charge is -2.26. The first kappa shape index (κ1) is 23.2. The van der Waals surface area contributed by atoms with E-state index in [1.165, 1.54) is 18.2 Å². The summed E-state index contributed by atoms with van der Waals surface area (Å²) < 4.78 is 80.7. The Labute approximate surface area is 180 Å². The topological polar surface area (TPSA) is 28.7 Å². The SMILES string of the molecule is Cl.Fc1cccc(C(F)(F)F)c1-c1ccc2nc(/C=C/C3CCC(F)(F)CC3)[nH]c2c1. The van der Waals surface area contributed by atoms with Crippen LogP contribution in [-0.4, -0.2) is 15.9 Å². The number of halogens is 7. The number of H-pyrrole nitrogens is 1. The Bertz CT molecular complexity index is 1090. The lowest BCUT2D eigenvalue weighted by Crippen LogP contribution is -2.23. The molecule has 1 fully saturated rings. The van der Waals surface area contributed by atoms with Gasteiger partial charge < -0.3 is 4.98 Å². The molecule has 0 radical (unpaired) electrons. The van der Waals surface area contributed by atoms with E-state index < -0.39 is 29.0 Å². The molecule has 9 heteroatoms. The second kappa shape index (κ2) is 8.57. The van der Waals surface area contributed by atoms with Crippen molar-refractivity contribution in [3.05, 3.63) is 59.7 Å². The molecule has 0 saturated heterocycles. The van der Waals surface area contributed by atoms with Gasteiger partial charge in [-0.2, -0.15) is 13.2 Å². The summed E-state index contributed by atoms with van der Waals surface area (Å²) in [4.78, 5) is 7.34. The molecule has 0 atom stereocenters. The van der Waals surface area contributed by atoms with Crippen molar-refractivity contribution in [1.82, 2.24) is 9.97 Å². The van der Waals surface area contributed by atoms with Gasteiger partial charge in [0.1, 0.15) is 11.6 Å². The average molecular weight is 461 g/mol. The van der Waals surface area contributed by atoms with E-state index in [9.17, 15) is 26.3 Å². The van der Waals surface area contributed by atoms with Gasteiger partial charge in [0.2, 0.25) is 5.92 Å². The fourth-order valence-electron chi connectivity index (χ4n) is 3.80. The molecule has 0 bridgehead atoms. The van der Waals surface area contributed by atoms with Crippen molar-refractivity contribution < 1.29 is 26.3 Å². The van der Waals surface area contributed by atoms with Gasteiger partial charge in [-0.15, -0.1) is 12.4 Å². The Morgan fingerprint density at radius 3 is 2.45 bits per heavy atom. The number of allylic oxidation sites excluding steroid dienone is 1. The fourth-order valence-corrected chi connectivity index (χ4v) is 3.80. The smallest absolute Gasteiger partial charge is 0.338 e. The van der Waals surface area contributed by atoms with Crippen LogP contribution >= 0.6 is 12.4 Å². The van der Waals surface area contributed by atoms with Crippen molar-refractivity contribution >= 4 is 29.5 Å². The third-order valence-electron chi connectivity index (χ3n) is 5.40. The second-order valence-electron chi connectivity index (χ2n) is 7.57. The van der Waals surface area contributed by atoms with Crippen LogP contribution in [0.3, 0.4) is 0 Å². The quantitative estimate of drug-likeness (QED) is 0.399. The van der Waals surface area contributed by atoms with E-state index >= 15 is 0 Å². The molecular formula is C22H19ClF6N2. The maximum Gasteiger partial charge on any atom is 0.417 e. The minimum atomic E-state index is -4.69. The lowest BCUT2D eigenvalue weighted by molar-refractivity contribution is -0.137. The zero-order valence-electron chi connectivity index (χ0n) is 16.1. The largest absolute Gasteiger partial charge is 0.417 e. The summed E-state index contributed by atoms with van der Waals surface area (Å²) in [5.74, 6) is -3.06. The van der Waals surface area contributed by atoms with Crippen molar-refractivity contribution in [3.8, 4) is 11.1 Å². The van der Waals surface area contributed by atoms with Crippen LogP contribution in [0.15, 0.2) is 42.5 Å². The van der Waals surface area contributed by atoms with Crippen molar-refractivity contribution in [2.24, 2.45) is 5.92 Å². The molecule has 1 saturated carbocycles. The number of alkyl halides is 5. The Kier molecular flexibility index (Phi) is 6.41. The summed E-state index contributed by atoms with van der Waals surface area (Å²) in [6.45, 7) is 0. The highest BCUT2D eigenvalue weighted by atomic mass is 35.5. The maximum atomic E-state index is 14.3. The minimum Gasteiger partial charge on any atom is -0.338 e. The number of aromatic nitrogens is 2. The second-order valence-corrected chi connectivity index (χ2v) is 7.57. The van der Waals surface area contributed by atoms with E-state index in [1.54, 1.807) is 6.08 Å². The third kappa shape index (κ3) is 5.06. The molecule has 0 aliphatic heterocycles. The summed E-state index contributed by atoms with van der Waals surface area (Å²) >= 11 is 0. The number of benzene rings is 2. The van der Waals surface area contributed by atoms with E-state index in [-0.39, 0.29) is 36.7 Å². The molecule has 1 heterocycles. The summed E-state index contributed by atoms with van der Waals surface area (Å²) in [5, 5.41) is 0. The Hall–Kier alpha value is -2.48. The number of fused-ring (bicyclic) bond motifs is 1. The molecule has 1 aliphatic rings. The fraction of sp³-hybridized carbons (Fsp3) is 0.318. The van der Waals surface area contributed by atoms with Crippen LogP contribution in [0.25, 0.3) is 28.2 Å². The van der Waals surface area contributed by atoms with Crippen LogP contribution in [0.2, 0.25) is 0 Å². The number of nitrogens with one attached hydrogen (secondary N) is 1. The summed E-state index contributed by atoms with van der Waals surface area (Å²) in [5.41, 5.74) is -0.504. The standard InChI is InChI=1S/C22H18F6N2.ClH/c23-16-3-1-2-15(22(26,27)28)20(16)14-5-6-17-18(12-14)30-19(29-17)7-4-13-8-10-21(24,25)11-9-13;/h1-7,12-13H,8-11H2,(H,29,30);1H/b7-4+;. The average Bonchev–Trinajstić information content (AvgIpc) is 3.08. The number of imidazole rings is 1. The van der Waals surface area contributed by atoms with E-state index in [0.29, 0.717) is 29.7 Å². The molecule has 1 aliphatic carbocycles. The first-order chi connectivity index (χ1) is 14.1. The van der Waals surface area contributed by atoms with Crippen molar-refractivity contribution in [2.45, 2.75) is 37.8 Å². The number of hydrogen-bond donors (Lipinski definition) is 1. The number of nitrogens with zero attached hydrogens (tertiary/aromatic N) is 1. The number of hydrogen-bond acceptors (Lipinski definition) is 1. The first-order valence-corrected chi connectivity index (χ1v) is 9.54. The van der Waals surface area contributed by atoms with Crippen LogP contribution in [0.4, 0.5) is 26.3 Å². The molecule has 3 aromatic rings. The van der Waals surface area contributed by atoms with Crippen LogP contribution in [0.5, 0.6) is 0 Å². The van der Waals surface area contributed by atoms with Gasteiger partial charge in [-0.3, -0.25) is 0 Å². The number of rotatable bonds is 3. The highest BCUT2D eigenvalue weighted by Crippen LogP contribution is 2.39. The molecule has 1 aromatic heterocycles. The molecule has 0 amide bonds. The van der Waals surface area contributed by atoms with Crippen LogP contribution in [-0.2, 0) is 6.18 Å². The molecule has 2 aromatic carbocycles. The predicted octanol–water partition coefficient (Wildman–Crippen LogP) is 7.65.